The second-order valence-electron chi connectivity index (χ2n) is 9.56. The monoisotopic (exact) mass is 448 g/mol. The Balaban J connectivity index is 1.26. The van der Waals surface area contributed by atoms with Crippen molar-refractivity contribution in [3.8, 4) is 0 Å². The van der Waals surface area contributed by atoms with Gasteiger partial charge in [0.05, 0.1) is 5.92 Å². The molecule has 2 fully saturated rings. The van der Waals surface area contributed by atoms with E-state index >= 15 is 0 Å². The summed E-state index contributed by atoms with van der Waals surface area (Å²) in [6.45, 7) is 10.2. The number of piperazine rings is 1. The number of nitrogens with zero attached hydrogens (tertiary/aromatic N) is 3. The molecule has 0 aromatic heterocycles. The molecule has 1 unspecified atom stereocenters. The average Bonchev–Trinajstić information content (AvgIpc) is 2.85. The Kier molecular flexibility index (Phi) is 7.65. The molecule has 2 amide bonds. The van der Waals surface area contributed by atoms with Gasteiger partial charge in [-0.1, -0.05) is 44.2 Å². The van der Waals surface area contributed by atoms with Crippen molar-refractivity contribution in [2.24, 2.45) is 11.8 Å². The number of benzene rings is 2. The molecule has 176 valence electrons. The smallest absolute Gasteiger partial charge is 0.229 e. The third-order valence-electron chi connectivity index (χ3n) is 6.72. The van der Waals surface area contributed by atoms with Gasteiger partial charge in [0, 0.05) is 63.1 Å². The SMILES string of the molecule is CC(C)C(=O)N1CCCC(C(=O)Nc2ccc(N3CCN(Cc4ccccc4)CC3)cc2)C1. The molecule has 0 aliphatic carbocycles. The van der Waals surface area contributed by atoms with E-state index in [1.807, 2.05) is 30.9 Å². The molecule has 1 atom stereocenters. The van der Waals surface area contributed by atoms with Gasteiger partial charge in [-0.25, -0.2) is 0 Å². The molecule has 2 aromatic carbocycles. The van der Waals surface area contributed by atoms with Crippen LogP contribution in [0.5, 0.6) is 0 Å². The molecule has 2 aliphatic rings. The zero-order chi connectivity index (χ0) is 23.2. The molecule has 33 heavy (non-hydrogen) atoms. The summed E-state index contributed by atoms with van der Waals surface area (Å²) in [5.74, 6) is -0.0161. The van der Waals surface area contributed by atoms with E-state index in [9.17, 15) is 9.59 Å². The van der Waals surface area contributed by atoms with Gasteiger partial charge in [-0.15, -0.1) is 0 Å². The number of hydrogen-bond acceptors (Lipinski definition) is 4. The van der Waals surface area contributed by atoms with E-state index in [2.05, 4.69) is 57.6 Å². The molecule has 4 rings (SSSR count). The third-order valence-corrected chi connectivity index (χ3v) is 6.72. The largest absolute Gasteiger partial charge is 0.369 e. The van der Waals surface area contributed by atoms with Crippen molar-refractivity contribution in [2.45, 2.75) is 33.2 Å². The minimum absolute atomic E-state index is 0.0125. The molecule has 6 nitrogen and oxygen atoms in total. The topological polar surface area (TPSA) is 55.9 Å². The first kappa shape index (κ1) is 23.3. The highest BCUT2D eigenvalue weighted by atomic mass is 16.2. The maximum absolute atomic E-state index is 12.8. The maximum atomic E-state index is 12.8. The Hall–Kier alpha value is -2.86. The van der Waals surface area contributed by atoms with Gasteiger partial charge in [0.1, 0.15) is 0 Å². The minimum atomic E-state index is -0.140. The summed E-state index contributed by atoms with van der Waals surface area (Å²) in [7, 11) is 0. The lowest BCUT2D eigenvalue weighted by Crippen LogP contribution is -2.46. The number of anilines is 2. The van der Waals surface area contributed by atoms with E-state index in [4.69, 9.17) is 0 Å². The molecule has 0 saturated carbocycles. The van der Waals surface area contributed by atoms with Gasteiger partial charge >= 0.3 is 0 Å². The fraction of sp³-hybridized carbons (Fsp3) is 0.481. The summed E-state index contributed by atoms with van der Waals surface area (Å²) in [6, 6.07) is 18.8. The summed E-state index contributed by atoms with van der Waals surface area (Å²) in [4.78, 5) is 31.9. The average molecular weight is 449 g/mol. The van der Waals surface area contributed by atoms with Gasteiger partial charge in [-0.2, -0.15) is 0 Å². The molecular formula is C27H36N4O2. The van der Waals surface area contributed by atoms with Crippen molar-refractivity contribution in [2.75, 3.05) is 49.5 Å². The molecule has 2 aliphatic heterocycles. The standard InChI is InChI=1S/C27H36N4O2/c1-21(2)27(33)31-14-6-9-23(20-31)26(32)28-24-10-12-25(13-11-24)30-17-15-29(16-18-30)19-22-7-4-3-5-8-22/h3-5,7-8,10-13,21,23H,6,9,14-20H2,1-2H3,(H,28,32). The molecule has 1 N–H and O–H groups in total. The van der Waals surface area contributed by atoms with Crippen LogP contribution in [0, 0.1) is 11.8 Å². The van der Waals surface area contributed by atoms with Gasteiger partial charge in [0.15, 0.2) is 0 Å². The number of amides is 2. The van der Waals surface area contributed by atoms with Crippen molar-refractivity contribution in [1.29, 1.82) is 0 Å². The lowest BCUT2D eigenvalue weighted by molar-refractivity contribution is -0.137. The van der Waals surface area contributed by atoms with Gasteiger partial charge in [0.2, 0.25) is 11.8 Å². The first-order chi connectivity index (χ1) is 16.0. The molecule has 2 saturated heterocycles. The third kappa shape index (κ3) is 6.14. The predicted molar refractivity (Wildman–Crippen MR) is 133 cm³/mol. The molecule has 2 heterocycles. The number of nitrogens with one attached hydrogen (secondary N) is 1. The van der Waals surface area contributed by atoms with Crippen LogP contribution in [-0.4, -0.2) is 60.9 Å². The highest BCUT2D eigenvalue weighted by Crippen LogP contribution is 2.23. The summed E-state index contributed by atoms with van der Waals surface area (Å²) < 4.78 is 0. The zero-order valence-electron chi connectivity index (χ0n) is 19.9. The van der Waals surface area contributed by atoms with E-state index in [-0.39, 0.29) is 23.7 Å². The van der Waals surface area contributed by atoms with Crippen LogP contribution >= 0.6 is 0 Å². The van der Waals surface area contributed by atoms with Crippen LogP contribution < -0.4 is 10.2 Å². The molecule has 0 bridgehead atoms. The second-order valence-corrected chi connectivity index (χ2v) is 9.56. The number of carbonyl (C=O) groups excluding carboxylic acids is 2. The summed E-state index contributed by atoms with van der Waals surface area (Å²) in [6.07, 6.45) is 1.71. The number of likely N-dealkylation sites (tertiary alicyclic amines) is 1. The van der Waals surface area contributed by atoms with Gasteiger partial charge < -0.3 is 15.1 Å². The predicted octanol–water partition coefficient (Wildman–Crippen LogP) is 3.84. The first-order valence-electron chi connectivity index (χ1n) is 12.2. The van der Waals surface area contributed by atoms with Gasteiger partial charge in [-0.05, 0) is 42.7 Å². The Morgan fingerprint density at radius 2 is 1.64 bits per heavy atom. The lowest BCUT2D eigenvalue weighted by atomic mass is 9.96. The minimum Gasteiger partial charge on any atom is -0.369 e. The highest BCUT2D eigenvalue weighted by molar-refractivity contribution is 5.93. The van der Waals surface area contributed by atoms with E-state index in [1.54, 1.807) is 0 Å². The van der Waals surface area contributed by atoms with Crippen LogP contribution in [0.3, 0.4) is 0 Å². The Labute approximate surface area is 197 Å². The molecule has 0 radical (unpaired) electrons. The van der Waals surface area contributed by atoms with Crippen molar-refractivity contribution in [3.05, 3.63) is 60.2 Å². The van der Waals surface area contributed by atoms with Crippen LogP contribution in [-0.2, 0) is 16.1 Å². The zero-order valence-corrected chi connectivity index (χ0v) is 19.9. The molecule has 0 spiro atoms. The summed E-state index contributed by atoms with van der Waals surface area (Å²) >= 11 is 0. The molecule has 2 aromatic rings. The second kappa shape index (κ2) is 10.8. The van der Waals surface area contributed by atoms with Crippen LogP contribution in [0.15, 0.2) is 54.6 Å². The van der Waals surface area contributed by atoms with Crippen molar-refractivity contribution in [1.82, 2.24) is 9.80 Å². The normalized spacial score (nSPS) is 19.5. The van der Waals surface area contributed by atoms with Gasteiger partial charge in [-0.3, -0.25) is 14.5 Å². The van der Waals surface area contributed by atoms with E-state index in [1.165, 1.54) is 11.3 Å². The van der Waals surface area contributed by atoms with Crippen molar-refractivity contribution < 1.29 is 9.59 Å². The number of hydrogen-bond donors (Lipinski definition) is 1. The van der Waals surface area contributed by atoms with Gasteiger partial charge in [0.25, 0.3) is 0 Å². The van der Waals surface area contributed by atoms with Crippen LogP contribution in [0.2, 0.25) is 0 Å². The lowest BCUT2D eigenvalue weighted by Gasteiger charge is -2.36. The fourth-order valence-corrected chi connectivity index (χ4v) is 4.76. The number of piperidine rings is 1. The quantitative estimate of drug-likeness (QED) is 0.730. The molecule has 6 heteroatoms. The first-order valence-corrected chi connectivity index (χ1v) is 12.2. The summed E-state index contributed by atoms with van der Waals surface area (Å²) in [5.41, 5.74) is 3.37. The number of rotatable bonds is 6. The van der Waals surface area contributed by atoms with Crippen molar-refractivity contribution in [3.63, 3.8) is 0 Å². The highest BCUT2D eigenvalue weighted by Gasteiger charge is 2.29. The molecular weight excluding hydrogens is 412 g/mol. The Morgan fingerprint density at radius 3 is 2.30 bits per heavy atom. The Bertz CT molecular complexity index is 921. The van der Waals surface area contributed by atoms with Crippen molar-refractivity contribution >= 4 is 23.2 Å². The van der Waals surface area contributed by atoms with Crippen LogP contribution in [0.25, 0.3) is 0 Å². The fourth-order valence-electron chi connectivity index (χ4n) is 4.76. The van der Waals surface area contributed by atoms with E-state index < -0.39 is 0 Å². The van der Waals surface area contributed by atoms with Crippen LogP contribution in [0.1, 0.15) is 32.3 Å². The van der Waals surface area contributed by atoms with E-state index in [0.29, 0.717) is 6.54 Å². The Morgan fingerprint density at radius 1 is 0.939 bits per heavy atom. The maximum Gasteiger partial charge on any atom is 0.229 e. The number of carbonyl (C=O) groups is 2. The van der Waals surface area contributed by atoms with E-state index in [0.717, 1.165) is 57.8 Å². The van der Waals surface area contributed by atoms with Crippen LogP contribution in [0.4, 0.5) is 11.4 Å². The summed E-state index contributed by atoms with van der Waals surface area (Å²) in [5, 5.41) is 3.06.